The quantitative estimate of drug-likeness (QED) is 0.795. The highest BCUT2D eigenvalue weighted by molar-refractivity contribution is 7.89. The number of hydrogen-bond donors (Lipinski definition) is 0. The largest absolute Gasteiger partial charge is 0.243 e. The van der Waals surface area contributed by atoms with Crippen LogP contribution in [0.1, 0.15) is 11.1 Å². The highest BCUT2D eigenvalue weighted by atomic mass is 32.2. The van der Waals surface area contributed by atoms with E-state index in [0.717, 1.165) is 0 Å². The van der Waals surface area contributed by atoms with Crippen LogP contribution in [-0.2, 0) is 20.0 Å². The van der Waals surface area contributed by atoms with Gasteiger partial charge in [0.2, 0.25) is 20.0 Å². The monoisotopic (exact) mass is 394 g/mol. The fraction of sp³-hybridized carbons (Fsp3) is 0.333. The molecule has 0 saturated carbocycles. The summed E-state index contributed by atoms with van der Waals surface area (Å²) in [7, 11) is -7.25. The van der Waals surface area contributed by atoms with Gasteiger partial charge >= 0.3 is 0 Å². The van der Waals surface area contributed by atoms with Crippen molar-refractivity contribution in [3.63, 3.8) is 0 Å². The Bertz CT molecular complexity index is 925. The Morgan fingerprint density at radius 3 is 1.23 bits per heavy atom. The third kappa shape index (κ3) is 3.42. The summed E-state index contributed by atoms with van der Waals surface area (Å²) in [5.74, 6) is 0. The third-order valence-electron chi connectivity index (χ3n) is 4.62. The number of piperazine rings is 1. The Morgan fingerprint density at radius 2 is 0.923 bits per heavy atom. The second-order valence-corrected chi connectivity index (χ2v) is 10.2. The van der Waals surface area contributed by atoms with Crippen LogP contribution >= 0.6 is 0 Å². The van der Waals surface area contributed by atoms with E-state index < -0.39 is 20.0 Å². The number of benzene rings is 2. The van der Waals surface area contributed by atoms with Gasteiger partial charge in [0, 0.05) is 26.2 Å². The summed E-state index contributed by atoms with van der Waals surface area (Å²) < 4.78 is 54.1. The van der Waals surface area contributed by atoms with E-state index >= 15 is 0 Å². The van der Waals surface area contributed by atoms with Gasteiger partial charge in [-0.05, 0) is 37.1 Å². The maximum atomic E-state index is 12.8. The summed E-state index contributed by atoms with van der Waals surface area (Å²) >= 11 is 0. The number of hydrogen-bond acceptors (Lipinski definition) is 4. The van der Waals surface area contributed by atoms with Crippen molar-refractivity contribution in [1.29, 1.82) is 0 Å². The lowest BCUT2D eigenvalue weighted by molar-refractivity contribution is 0.272. The first-order valence-electron chi connectivity index (χ1n) is 8.36. The van der Waals surface area contributed by atoms with Gasteiger partial charge < -0.3 is 0 Å². The van der Waals surface area contributed by atoms with Crippen LogP contribution < -0.4 is 0 Å². The van der Waals surface area contributed by atoms with Gasteiger partial charge in [0.25, 0.3) is 0 Å². The predicted octanol–water partition coefficient (Wildman–Crippen LogP) is 2.00. The van der Waals surface area contributed by atoms with E-state index in [2.05, 4.69) is 0 Å². The fourth-order valence-corrected chi connectivity index (χ4v) is 6.42. The Balaban J connectivity index is 1.80. The molecule has 0 bridgehead atoms. The average molecular weight is 395 g/mol. The Morgan fingerprint density at radius 1 is 0.615 bits per heavy atom. The highest BCUT2D eigenvalue weighted by Gasteiger charge is 2.34. The average Bonchev–Trinajstić information content (AvgIpc) is 2.62. The van der Waals surface area contributed by atoms with Gasteiger partial charge in [0.05, 0.1) is 9.79 Å². The molecular formula is C18H22N2O4S2. The number of nitrogens with zero attached hydrogens (tertiary/aromatic N) is 2. The predicted molar refractivity (Wildman–Crippen MR) is 99.9 cm³/mol. The lowest BCUT2D eigenvalue weighted by Gasteiger charge is -2.33. The molecule has 26 heavy (non-hydrogen) atoms. The van der Waals surface area contributed by atoms with Gasteiger partial charge in [-0.1, -0.05) is 36.4 Å². The van der Waals surface area contributed by atoms with Gasteiger partial charge in [-0.15, -0.1) is 0 Å². The summed E-state index contributed by atoms with van der Waals surface area (Å²) in [4.78, 5) is 0.547. The van der Waals surface area contributed by atoms with Crippen LogP contribution in [-0.4, -0.2) is 51.6 Å². The van der Waals surface area contributed by atoms with Crippen LogP contribution in [0.3, 0.4) is 0 Å². The first kappa shape index (κ1) is 19.0. The first-order valence-corrected chi connectivity index (χ1v) is 11.2. The van der Waals surface area contributed by atoms with E-state index in [1.54, 1.807) is 62.4 Å². The van der Waals surface area contributed by atoms with Crippen LogP contribution in [0.4, 0.5) is 0 Å². The zero-order valence-corrected chi connectivity index (χ0v) is 16.4. The van der Waals surface area contributed by atoms with E-state index in [4.69, 9.17) is 0 Å². The molecule has 140 valence electrons. The van der Waals surface area contributed by atoms with Crippen LogP contribution in [0.25, 0.3) is 0 Å². The molecule has 1 aliphatic heterocycles. The van der Waals surface area contributed by atoms with Gasteiger partial charge in [-0.25, -0.2) is 16.8 Å². The van der Waals surface area contributed by atoms with Crippen LogP contribution in [0.2, 0.25) is 0 Å². The molecule has 2 aromatic carbocycles. The molecule has 1 heterocycles. The molecule has 8 heteroatoms. The Labute approximate surface area is 155 Å². The summed E-state index contributed by atoms with van der Waals surface area (Å²) in [5.41, 5.74) is 1.37. The van der Waals surface area contributed by atoms with Gasteiger partial charge in [-0.2, -0.15) is 8.61 Å². The van der Waals surface area contributed by atoms with E-state index in [0.29, 0.717) is 11.1 Å². The SMILES string of the molecule is Cc1ccccc1S(=O)(=O)N1CCN(S(=O)(=O)c2ccccc2C)CC1. The van der Waals surface area contributed by atoms with Crippen molar-refractivity contribution >= 4 is 20.0 Å². The summed E-state index contributed by atoms with van der Waals surface area (Å²) in [5, 5.41) is 0. The molecule has 0 aromatic heterocycles. The number of aryl methyl sites for hydroxylation is 2. The molecule has 0 atom stereocenters. The van der Waals surface area contributed by atoms with Crippen molar-refractivity contribution in [3.8, 4) is 0 Å². The molecule has 0 spiro atoms. The second kappa shape index (κ2) is 7.11. The molecule has 1 saturated heterocycles. The normalized spacial score (nSPS) is 17.3. The van der Waals surface area contributed by atoms with Crippen LogP contribution in [0, 0.1) is 13.8 Å². The topological polar surface area (TPSA) is 74.8 Å². The van der Waals surface area contributed by atoms with Crippen LogP contribution in [0.15, 0.2) is 58.3 Å². The zero-order chi connectivity index (χ0) is 18.9. The first-order chi connectivity index (χ1) is 12.2. The van der Waals surface area contributed by atoms with E-state index in [1.807, 2.05) is 0 Å². The van der Waals surface area contributed by atoms with Crippen molar-refractivity contribution in [1.82, 2.24) is 8.61 Å². The van der Waals surface area contributed by atoms with Gasteiger partial charge in [0.15, 0.2) is 0 Å². The van der Waals surface area contributed by atoms with Crippen molar-refractivity contribution in [2.45, 2.75) is 23.6 Å². The molecule has 2 aromatic rings. The molecule has 1 aliphatic rings. The molecule has 3 rings (SSSR count). The molecule has 1 fully saturated rings. The van der Waals surface area contributed by atoms with E-state index in [1.165, 1.54) is 8.61 Å². The van der Waals surface area contributed by atoms with Crippen molar-refractivity contribution in [2.75, 3.05) is 26.2 Å². The third-order valence-corrected chi connectivity index (χ3v) is 8.74. The lowest BCUT2D eigenvalue weighted by Crippen LogP contribution is -2.50. The smallest absolute Gasteiger partial charge is 0.207 e. The molecule has 0 N–H and O–H groups in total. The minimum Gasteiger partial charge on any atom is -0.207 e. The fourth-order valence-electron chi connectivity index (χ4n) is 3.12. The molecule has 6 nitrogen and oxygen atoms in total. The molecule has 0 radical (unpaired) electrons. The highest BCUT2D eigenvalue weighted by Crippen LogP contribution is 2.24. The summed E-state index contributed by atoms with van der Waals surface area (Å²) in [6, 6.07) is 13.7. The maximum Gasteiger partial charge on any atom is 0.243 e. The zero-order valence-electron chi connectivity index (χ0n) is 14.8. The number of sulfonamides is 2. The maximum absolute atomic E-state index is 12.8. The van der Waals surface area contributed by atoms with Crippen LogP contribution in [0.5, 0.6) is 0 Å². The Hall–Kier alpha value is -1.74. The van der Waals surface area contributed by atoms with Crippen molar-refractivity contribution < 1.29 is 16.8 Å². The van der Waals surface area contributed by atoms with Crippen molar-refractivity contribution in [2.24, 2.45) is 0 Å². The minimum absolute atomic E-state index is 0.141. The minimum atomic E-state index is -3.62. The molecular weight excluding hydrogens is 372 g/mol. The van der Waals surface area contributed by atoms with Crippen molar-refractivity contribution in [3.05, 3.63) is 59.7 Å². The lowest BCUT2D eigenvalue weighted by atomic mass is 10.2. The number of rotatable bonds is 4. The summed E-state index contributed by atoms with van der Waals surface area (Å²) in [6.45, 7) is 4.07. The van der Waals surface area contributed by atoms with E-state index in [9.17, 15) is 16.8 Å². The molecule has 0 unspecified atom stereocenters. The van der Waals surface area contributed by atoms with E-state index in [-0.39, 0.29) is 36.0 Å². The Kier molecular flexibility index (Phi) is 5.21. The summed E-state index contributed by atoms with van der Waals surface area (Å²) in [6.07, 6.45) is 0. The standard InChI is InChI=1S/C18H22N2O4S2/c1-15-7-3-5-9-17(15)25(21,22)19-11-13-20(14-12-19)26(23,24)18-10-6-4-8-16(18)2/h3-10H,11-14H2,1-2H3. The van der Waals surface area contributed by atoms with Gasteiger partial charge in [0.1, 0.15) is 0 Å². The molecule has 0 amide bonds. The van der Waals surface area contributed by atoms with Gasteiger partial charge in [-0.3, -0.25) is 0 Å². The molecule has 0 aliphatic carbocycles. The second-order valence-electron chi connectivity index (χ2n) is 6.34.